The van der Waals surface area contributed by atoms with E-state index in [-0.39, 0.29) is 5.91 Å². The van der Waals surface area contributed by atoms with Gasteiger partial charge in [-0.25, -0.2) is 4.98 Å². The summed E-state index contributed by atoms with van der Waals surface area (Å²) < 4.78 is 17.8. The number of carbonyl (C=O) groups is 1. The monoisotopic (exact) mass is 497 g/mol. The first-order chi connectivity index (χ1) is 17.7. The number of amides is 1. The number of anilines is 1. The minimum Gasteiger partial charge on any atom is -0.495 e. The average molecular weight is 498 g/mol. The maximum absolute atomic E-state index is 13.9. The Hall–Kier alpha value is -4.43. The van der Waals surface area contributed by atoms with Crippen LogP contribution in [0.3, 0.4) is 0 Å². The molecule has 0 spiro atoms. The molecule has 5 aromatic rings. The average Bonchev–Trinajstić information content (AvgIpc) is 3.37. The molecule has 0 aliphatic carbocycles. The van der Waals surface area contributed by atoms with Gasteiger partial charge in [0, 0.05) is 18.0 Å². The van der Waals surface area contributed by atoms with Crippen LogP contribution in [0.1, 0.15) is 15.9 Å². The third kappa shape index (κ3) is 4.85. The van der Waals surface area contributed by atoms with Crippen molar-refractivity contribution in [1.29, 1.82) is 0 Å². The number of aromatic nitrogens is 2. The molecule has 180 valence electrons. The highest BCUT2D eigenvalue weighted by Gasteiger charge is 2.24. The molecule has 0 aliphatic heterocycles. The number of fused-ring (bicyclic) bond motifs is 1. The van der Waals surface area contributed by atoms with Gasteiger partial charge in [-0.15, -0.1) is 0 Å². The summed E-state index contributed by atoms with van der Waals surface area (Å²) in [7, 11) is 3.20. The predicted octanol–water partition coefficient (Wildman–Crippen LogP) is 6.35. The van der Waals surface area contributed by atoms with Gasteiger partial charge in [0.15, 0.2) is 5.13 Å². The fourth-order valence-electron chi connectivity index (χ4n) is 3.76. The van der Waals surface area contributed by atoms with E-state index in [1.54, 1.807) is 49.7 Å². The van der Waals surface area contributed by atoms with Crippen molar-refractivity contribution in [3.63, 3.8) is 0 Å². The Labute approximate surface area is 212 Å². The number of para-hydroxylation sites is 1. The predicted molar refractivity (Wildman–Crippen MR) is 140 cm³/mol. The van der Waals surface area contributed by atoms with Gasteiger partial charge in [0.05, 0.1) is 20.8 Å². The van der Waals surface area contributed by atoms with Crippen molar-refractivity contribution in [3.05, 3.63) is 102 Å². The number of ether oxygens (including phenoxy) is 3. The maximum Gasteiger partial charge on any atom is 0.260 e. The Morgan fingerprint density at radius 2 is 1.67 bits per heavy atom. The molecule has 2 heterocycles. The number of hydrogen-bond donors (Lipinski definition) is 0. The van der Waals surface area contributed by atoms with Crippen LogP contribution in [0.4, 0.5) is 5.13 Å². The highest BCUT2D eigenvalue weighted by atomic mass is 32.1. The highest BCUT2D eigenvalue weighted by Crippen LogP contribution is 2.41. The zero-order valence-electron chi connectivity index (χ0n) is 19.8. The summed E-state index contributed by atoms with van der Waals surface area (Å²) in [5.74, 6) is 2.33. The lowest BCUT2D eigenvalue weighted by atomic mass is 10.1. The molecule has 0 bridgehead atoms. The van der Waals surface area contributed by atoms with Crippen molar-refractivity contribution >= 4 is 32.6 Å². The van der Waals surface area contributed by atoms with Crippen molar-refractivity contribution in [2.45, 2.75) is 6.54 Å². The molecule has 0 saturated carbocycles. The number of pyridine rings is 1. The lowest BCUT2D eigenvalue weighted by molar-refractivity contribution is 0.0985. The van der Waals surface area contributed by atoms with Crippen LogP contribution in [0, 0.1) is 0 Å². The van der Waals surface area contributed by atoms with Crippen LogP contribution in [0.5, 0.6) is 23.0 Å². The van der Waals surface area contributed by atoms with Gasteiger partial charge in [0.1, 0.15) is 33.2 Å². The molecule has 0 fully saturated rings. The summed E-state index contributed by atoms with van der Waals surface area (Å²) in [5.41, 5.74) is 1.99. The number of thiazole rings is 1. The second-order valence-electron chi connectivity index (χ2n) is 7.84. The van der Waals surface area contributed by atoms with E-state index in [9.17, 15) is 4.79 Å². The van der Waals surface area contributed by atoms with Gasteiger partial charge in [-0.1, -0.05) is 41.7 Å². The molecule has 0 unspecified atom stereocenters. The van der Waals surface area contributed by atoms with E-state index in [1.165, 1.54) is 11.3 Å². The standard InChI is InChI=1S/C28H23N3O4S/c1-33-23-13-14-24(34-2)26-25(23)30-28(36-26)31(18-19-8-7-15-29-17-19)27(32)20-9-6-12-22(16-20)35-21-10-4-3-5-11-21/h3-17H,18H2,1-2H3. The lowest BCUT2D eigenvalue weighted by Crippen LogP contribution is -2.30. The van der Waals surface area contributed by atoms with Gasteiger partial charge in [0.2, 0.25) is 0 Å². The Bertz CT molecular complexity index is 1450. The number of methoxy groups -OCH3 is 2. The van der Waals surface area contributed by atoms with Crippen molar-refractivity contribution < 1.29 is 19.0 Å². The van der Waals surface area contributed by atoms with Gasteiger partial charge in [-0.3, -0.25) is 14.7 Å². The van der Waals surface area contributed by atoms with Crippen LogP contribution in [0.2, 0.25) is 0 Å². The molecule has 1 amide bonds. The molecule has 0 atom stereocenters. The Morgan fingerprint density at radius 1 is 0.889 bits per heavy atom. The second kappa shape index (κ2) is 10.5. The summed E-state index contributed by atoms with van der Waals surface area (Å²) in [6, 6.07) is 24.0. The fourth-order valence-corrected chi connectivity index (χ4v) is 4.84. The van der Waals surface area contributed by atoms with Gasteiger partial charge in [0.25, 0.3) is 5.91 Å². The van der Waals surface area contributed by atoms with Gasteiger partial charge in [-0.2, -0.15) is 0 Å². The molecule has 8 heteroatoms. The third-order valence-electron chi connectivity index (χ3n) is 5.50. The molecule has 0 saturated heterocycles. The van der Waals surface area contributed by atoms with Crippen LogP contribution >= 0.6 is 11.3 Å². The van der Waals surface area contributed by atoms with E-state index < -0.39 is 0 Å². The van der Waals surface area contributed by atoms with Gasteiger partial charge in [-0.05, 0) is 54.1 Å². The van der Waals surface area contributed by atoms with Gasteiger partial charge < -0.3 is 14.2 Å². The zero-order valence-corrected chi connectivity index (χ0v) is 20.6. The highest BCUT2D eigenvalue weighted by molar-refractivity contribution is 7.22. The molecule has 0 radical (unpaired) electrons. The topological polar surface area (TPSA) is 73.8 Å². The number of rotatable bonds is 8. The quantitative estimate of drug-likeness (QED) is 0.249. The first-order valence-electron chi connectivity index (χ1n) is 11.2. The van der Waals surface area contributed by atoms with E-state index in [1.807, 2.05) is 60.7 Å². The van der Waals surface area contributed by atoms with E-state index in [4.69, 9.17) is 19.2 Å². The Balaban J connectivity index is 1.55. The number of carbonyl (C=O) groups excluding carboxylic acids is 1. The van der Waals surface area contributed by atoms with E-state index in [0.717, 1.165) is 10.3 Å². The summed E-state index contributed by atoms with van der Waals surface area (Å²) in [6.45, 7) is 0.293. The van der Waals surface area contributed by atoms with Crippen LogP contribution in [-0.4, -0.2) is 30.1 Å². The molecule has 0 aliphatic rings. The molecular formula is C28H23N3O4S. The van der Waals surface area contributed by atoms with Crippen molar-refractivity contribution in [2.24, 2.45) is 0 Å². The SMILES string of the molecule is COc1ccc(OC)c2sc(N(Cc3cccnc3)C(=O)c3cccc(Oc4ccccc4)c3)nc12. The first-order valence-corrected chi connectivity index (χ1v) is 12.0. The van der Waals surface area contributed by atoms with Crippen LogP contribution < -0.4 is 19.1 Å². The molecule has 0 N–H and O–H groups in total. The normalized spacial score (nSPS) is 10.7. The zero-order chi connectivity index (χ0) is 24.9. The van der Waals surface area contributed by atoms with Crippen LogP contribution in [0.25, 0.3) is 10.2 Å². The molecule has 36 heavy (non-hydrogen) atoms. The minimum absolute atomic E-state index is 0.214. The van der Waals surface area contributed by atoms with E-state index in [2.05, 4.69) is 4.98 Å². The molecule has 2 aromatic heterocycles. The molecule has 5 rings (SSSR count). The largest absolute Gasteiger partial charge is 0.495 e. The van der Waals surface area contributed by atoms with Crippen LogP contribution in [0.15, 0.2) is 91.3 Å². The summed E-state index contributed by atoms with van der Waals surface area (Å²) >= 11 is 1.37. The first kappa shape index (κ1) is 23.3. The lowest BCUT2D eigenvalue weighted by Gasteiger charge is -2.20. The van der Waals surface area contributed by atoms with E-state index in [0.29, 0.717) is 45.8 Å². The van der Waals surface area contributed by atoms with Crippen molar-refractivity contribution in [2.75, 3.05) is 19.1 Å². The molecule has 7 nitrogen and oxygen atoms in total. The molecular weight excluding hydrogens is 474 g/mol. The minimum atomic E-state index is -0.214. The number of nitrogens with zero attached hydrogens (tertiary/aromatic N) is 3. The fraction of sp³-hybridized carbons (Fsp3) is 0.107. The number of hydrogen-bond acceptors (Lipinski definition) is 7. The number of benzene rings is 3. The Kier molecular flexibility index (Phi) is 6.77. The van der Waals surface area contributed by atoms with Crippen molar-refractivity contribution in [3.8, 4) is 23.0 Å². The van der Waals surface area contributed by atoms with Gasteiger partial charge >= 0.3 is 0 Å². The van der Waals surface area contributed by atoms with E-state index >= 15 is 0 Å². The smallest absolute Gasteiger partial charge is 0.260 e. The van der Waals surface area contributed by atoms with Crippen molar-refractivity contribution in [1.82, 2.24) is 9.97 Å². The summed E-state index contributed by atoms with van der Waals surface area (Å²) in [5, 5.41) is 0.524. The third-order valence-corrected chi connectivity index (χ3v) is 6.59. The summed E-state index contributed by atoms with van der Waals surface area (Å²) in [4.78, 5) is 24.5. The summed E-state index contributed by atoms with van der Waals surface area (Å²) in [6.07, 6.45) is 3.44. The van der Waals surface area contributed by atoms with Crippen LogP contribution in [-0.2, 0) is 6.54 Å². The molecule has 3 aromatic carbocycles. The second-order valence-corrected chi connectivity index (χ2v) is 8.82. The Morgan fingerprint density at radius 3 is 2.42 bits per heavy atom. The maximum atomic E-state index is 13.9.